The molecule has 80 valence electrons. The van der Waals surface area contributed by atoms with E-state index >= 15 is 0 Å². The number of carbonyl (C=O) groups is 1. The molecule has 0 bridgehead atoms. The van der Waals surface area contributed by atoms with E-state index in [1.165, 1.54) is 0 Å². The minimum Gasteiger partial charge on any atom is -0.495 e. The maximum atomic E-state index is 11.7. The van der Waals surface area contributed by atoms with Crippen LogP contribution in [0.2, 0.25) is 0 Å². The average Bonchev–Trinajstić information content (AvgIpc) is 2.57. The first-order valence-corrected chi connectivity index (χ1v) is 5.15. The van der Waals surface area contributed by atoms with E-state index in [4.69, 9.17) is 4.74 Å². The molecule has 1 saturated heterocycles. The summed E-state index contributed by atoms with van der Waals surface area (Å²) in [6.07, 6.45) is 0.637. The summed E-state index contributed by atoms with van der Waals surface area (Å²) in [6, 6.07) is 7.64. The van der Waals surface area contributed by atoms with Crippen molar-refractivity contribution in [3.8, 4) is 5.75 Å². The first-order valence-electron chi connectivity index (χ1n) is 5.15. The first-order chi connectivity index (χ1) is 7.22. The maximum absolute atomic E-state index is 11.7. The van der Waals surface area contributed by atoms with Crippen molar-refractivity contribution in [2.45, 2.75) is 13.3 Å². The second-order valence-corrected chi connectivity index (χ2v) is 3.99. The highest BCUT2D eigenvalue weighted by Gasteiger charge is 2.29. The molecule has 0 saturated carbocycles. The highest BCUT2D eigenvalue weighted by atomic mass is 16.5. The van der Waals surface area contributed by atoms with Crippen LogP contribution in [0.5, 0.6) is 5.75 Å². The van der Waals surface area contributed by atoms with Gasteiger partial charge in [0.15, 0.2) is 0 Å². The van der Waals surface area contributed by atoms with Gasteiger partial charge in [-0.15, -0.1) is 0 Å². The largest absolute Gasteiger partial charge is 0.495 e. The summed E-state index contributed by atoms with van der Waals surface area (Å²) < 4.78 is 5.25. The summed E-state index contributed by atoms with van der Waals surface area (Å²) in [7, 11) is 1.63. The molecule has 1 heterocycles. The number of benzene rings is 1. The Morgan fingerprint density at radius 3 is 2.73 bits per heavy atom. The molecule has 1 aromatic rings. The Hall–Kier alpha value is -1.51. The standard InChI is InChI=1S/C12H15NO2/c1-9-7-12(14)13(8-9)10-5-3-4-6-11(10)15-2/h3-6,9H,7-8H2,1-2H3. The van der Waals surface area contributed by atoms with Gasteiger partial charge in [-0.2, -0.15) is 0 Å². The second-order valence-electron chi connectivity index (χ2n) is 3.99. The number of anilines is 1. The van der Waals surface area contributed by atoms with Crippen molar-refractivity contribution >= 4 is 11.6 Å². The molecule has 0 aromatic heterocycles. The van der Waals surface area contributed by atoms with Crippen molar-refractivity contribution in [2.75, 3.05) is 18.6 Å². The van der Waals surface area contributed by atoms with E-state index in [0.717, 1.165) is 18.0 Å². The van der Waals surface area contributed by atoms with Crippen LogP contribution in [0.15, 0.2) is 24.3 Å². The van der Waals surface area contributed by atoms with Gasteiger partial charge < -0.3 is 9.64 Å². The molecule has 2 rings (SSSR count). The van der Waals surface area contributed by atoms with Crippen molar-refractivity contribution in [1.82, 2.24) is 0 Å². The van der Waals surface area contributed by atoms with Gasteiger partial charge in [-0.3, -0.25) is 4.79 Å². The van der Waals surface area contributed by atoms with Crippen molar-refractivity contribution in [3.05, 3.63) is 24.3 Å². The third kappa shape index (κ3) is 1.82. The summed E-state index contributed by atoms with van der Waals surface area (Å²) >= 11 is 0. The predicted molar refractivity (Wildman–Crippen MR) is 59.1 cm³/mol. The minimum absolute atomic E-state index is 0.187. The molecule has 3 nitrogen and oxygen atoms in total. The van der Waals surface area contributed by atoms with Crippen molar-refractivity contribution in [3.63, 3.8) is 0 Å². The van der Waals surface area contributed by atoms with E-state index in [2.05, 4.69) is 6.92 Å². The van der Waals surface area contributed by atoms with Crippen molar-refractivity contribution < 1.29 is 9.53 Å². The van der Waals surface area contributed by atoms with Crippen LogP contribution >= 0.6 is 0 Å². The summed E-state index contributed by atoms with van der Waals surface area (Å²) in [4.78, 5) is 13.5. The molecular formula is C12H15NO2. The zero-order valence-electron chi connectivity index (χ0n) is 9.06. The van der Waals surface area contributed by atoms with Crippen LogP contribution in [0, 0.1) is 5.92 Å². The smallest absolute Gasteiger partial charge is 0.227 e. The molecule has 0 spiro atoms. The monoisotopic (exact) mass is 205 g/mol. The Morgan fingerprint density at radius 2 is 2.13 bits per heavy atom. The number of rotatable bonds is 2. The fraction of sp³-hybridized carbons (Fsp3) is 0.417. The highest BCUT2D eigenvalue weighted by Crippen LogP contribution is 2.32. The Morgan fingerprint density at radius 1 is 1.40 bits per heavy atom. The van der Waals surface area contributed by atoms with Gasteiger partial charge in [0.25, 0.3) is 0 Å². The van der Waals surface area contributed by atoms with Gasteiger partial charge in [0.05, 0.1) is 12.8 Å². The zero-order valence-corrected chi connectivity index (χ0v) is 9.06. The molecule has 0 radical (unpaired) electrons. The Kier molecular flexibility index (Phi) is 2.62. The number of carbonyl (C=O) groups excluding carboxylic acids is 1. The summed E-state index contributed by atoms with van der Waals surface area (Å²) in [5, 5.41) is 0. The minimum atomic E-state index is 0.187. The molecule has 1 aromatic carbocycles. The normalized spacial score (nSPS) is 20.8. The van der Waals surface area contributed by atoms with Crippen LogP contribution in [0.3, 0.4) is 0 Å². The van der Waals surface area contributed by atoms with Gasteiger partial charge in [0.2, 0.25) is 5.91 Å². The molecular weight excluding hydrogens is 190 g/mol. The summed E-state index contributed by atoms with van der Waals surface area (Å²) in [5.74, 6) is 1.38. The van der Waals surface area contributed by atoms with Gasteiger partial charge >= 0.3 is 0 Å². The van der Waals surface area contributed by atoms with E-state index in [9.17, 15) is 4.79 Å². The van der Waals surface area contributed by atoms with E-state index in [1.54, 1.807) is 7.11 Å². The van der Waals surface area contributed by atoms with E-state index in [-0.39, 0.29) is 5.91 Å². The number of methoxy groups -OCH3 is 1. The van der Waals surface area contributed by atoms with Crippen LogP contribution in [-0.4, -0.2) is 19.6 Å². The Balaban J connectivity index is 2.33. The molecule has 1 unspecified atom stereocenters. The number of ether oxygens (including phenoxy) is 1. The molecule has 1 aliphatic heterocycles. The van der Waals surface area contributed by atoms with Crippen LogP contribution < -0.4 is 9.64 Å². The Bertz CT molecular complexity index is 376. The van der Waals surface area contributed by atoms with E-state index < -0.39 is 0 Å². The maximum Gasteiger partial charge on any atom is 0.227 e. The molecule has 15 heavy (non-hydrogen) atoms. The predicted octanol–water partition coefficient (Wildman–Crippen LogP) is 2.07. The topological polar surface area (TPSA) is 29.5 Å². The lowest BCUT2D eigenvalue weighted by atomic mass is 10.2. The van der Waals surface area contributed by atoms with Gasteiger partial charge in [-0.05, 0) is 18.1 Å². The first kappa shape index (κ1) is 10.0. The highest BCUT2D eigenvalue weighted by molar-refractivity contribution is 5.97. The van der Waals surface area contributed by atoms with Crippen molar-refractivity contribution in [2.24, 2.45) is 5.92 Å². The van der Waals surface area contributed by atoms with Crippen molar-refractivity contribution in [1.29, 1.82) is 0 Å². The number of nitrogens with zero attached hydrogens (tertiary/aromatic N) is 1. The molecule has 1 amide bonds. The van der Waals surface area contributed by atoms with Crippen LogP contribution in [0.4, 0.5) is 5.69 Å². The zero-order chi connectivity index (χ0) is 10.8. The fourth-order valence-electron chi connectivity index (χ4n) is 1.97. The van der Waals surface area contributed by atoms with Gasteiger partial charge in [0.1, 0.15) is 5.75 Å². The van der Waals surface area contributed by atoms with Gasteiger partial charge in [-0.1, -0.05) is 19.1 Å². The molecule has 0 N–H and O–H groups in total. The van der Waals surface area contributed by atoms with Crippen LogP contribution in [0.25, 0.3) is 0 Å². The summed E-state index contributed by atoms with van der Waals surface area (Å²) in [5.41, 5.74) is 0.884. The molecule has 3 heteroatoms. The lowest BCUT2D eigenvalue weighted by Gasteiger charge is -2.18. The summed E-state index contributed by atoms with van der Waals surface area (Å²) in [6.45, 7) is 2.88. The quantitative estimate of drug-likeness (QED) is 0.739. The third-order valence-electron chi connectivity index (χ3n) is 2.69. The lowest BCUT2D eigenvalue weighted by Crippen LogP contribution is -2.24. The number of amides is 1. The van der Waals surface area contributed by atoms with E-state index in [1.807, 2.05) is 29.2 Å². The molecule has 1 atom stereocenters. The number of para-hydroxylation sites is 2. The molecule has 1 fully saturated rings. The molecule has 1 aliphatic rings. The number of hydrogen-bond donors (Lipinski definition) is 0. The second kappa shape index (κ2) is 3.93. The van der Waals surface area contributed by atoms with Gasteiger partial charge in [-0.25, -0.2) is 0 Å². The lowest BCUT2D eigenvalue weighted by molar-refractivity contribution is -0.117. The average molecular weight is 205 g/mol. The molecule has 0 aliphatic carbocycles. The Labute approximate surface area is 89.7 Å². The van der Waals surface area contributed by atoms with Crippen LogP contribution in [-0.2, 0) is 4.79 Å². The fourth-order valence-corrected chi connectivity index (χ4v) is 1.97. The van der Waals surface area contributed by atoms with Gasteiger partial charge in [0, 0.05) is 13.0 Å². The van der Waals surface area contributed by atoms with Crippen LogP contribution in [0.1, 0.15) is 13.3 Å². The van der Waals surface area contributed by atoms with E-state index in [0.29, 0.717) is 12.3 Å². The third-order valence-corrected chi connectivity index (χ3v) is 2.69. The number of hydrogen-bond acceptors (Lipinski definition) is 2. The SMILES string of the molecule is COc1ccccc1N1CC(C)CC1=O.